The molecule has 0 saturated heterocycles. The quantitative estimate of drug-likeness (QED) is 0.943. The van der Waals surface area contributed by atoms with Crippen LogP contribution in [0.1, 0.15) is 23.1 Å². The van der Waals surface area contributed by atoms with Gasteiger partial charge < -0.3 is 9.84 Å². The van der Waals surface area contributed by atoms with Gasteiger partial charge in [-0.25, -0.2) is 0 Å². The Balaban J connectivity index is 1.64. The largest absolute Gasteiger partial charge is 0.360 e. The van der Waals surface area contributed by atoms with E-state index >= 15 is 0 Å². The highest BCUT2D eigenvalue weighted by Gasteiger charge is 2.26. The van der Waals surface area contributed by atoms with E-state index in [-0.39, 0.29) is 11.9 Å². The lowest BCUT2D eigenvalue weighted by Crippen LogP contribution is -2.44. The van der Waals surface area contributed by atoms with Crippen molar-refractivity contribution in [3.05, 3.63) is 33.7 Å². The molecule has 0 bridgehead atoms. The fraction of sp³-hybridized carbons (Fsp3) is 0.429. The topological polar surface area (TPSA) is 58.4 Å². The van der Waals surface area contributed by atoms with Gasteiger partial charge >= 0.3 is 0 Å². The van der Waals surface area contributed by atoms with E-state index in [2.05, 4.69) is 26.8 Å². The molecule has 0 saturated carbocycles. The molecule has 1 atom stereocenters. The summed E-state index contributed by atoms with van der Waals surface area (Å²) in [7, 11) is 0. The molecule has 1 N–H and O–H groups in total. The van der Waals surface area contributed by atoms with Gasteiger partial charge in [-0.1, -0.05) is 5.16 Å². The third kappa shape index (κ3) is 2.62. The van der Waals surface area contributed by atoms with Gasteiger partial charge in [-0.05, 0) is 37.3 Å². The molecule has 0 aromatic carbocycles. The molecule has 0 aliphatic carbocycles. The molecule has 1 amide bonds. The van der Waals surface area contributed by atoms with Crippen LogP contribution in [0.2, 0.25) is 0 Å². The van der Waals surface area contributed by atoms with Crippen molar-refractivity contribution < 1.29 is 9.32 Å². The number of fused-ring (bicyclic) bond motifs is 1. The number of hydrogen-bond acceptors (Lipinski definition) is 5. The van der Waals surface area contributed by atoms with Crippen LogP contribution in [-0.4, -0.2) is 28.6 Å². The summed E-state index contributed by atoms with van der Waals surface area (Å²) in [5.41, 5.74) is 1.35. The SMILES string of the molecule is Cc1cc(NC(=O)C(C)N2CCc3sccc3C2)no1. The van der Waals surface area contributed by atoms with Gasteiger partial charge in [0.05, 0.1) is 6.04 Å². The maximum absolute atomic E-state index is 12.2. The van der Waals surface area contributed by atoms with Gasteiger partial charge in [0.1, 0.15) is 5.76 Å². The molecule has 3 heterocycles. The molecule has 106 valence electrons. The van der Waals surface area contributed by atoms with E-state index in [0.717, 1.165) is 19.5 Å². The molecule has 1 aliphatic rings. The first-order chi connectivity index (χ1) is 9.63. The Hall–Kier alpha value is -1.66. The lowest BCUT2D eigenvalue weighted by Gasteiger charge is -2.31. The average Bonchev–Trinajstić information content (AvgIpc) is 3.05. The molecule has 0 radical (unpaired) electrons. The van der Waals surface area contributed by atoms with Crippen molar-refractivity contribution in [2.45, 2.75) is 32.9 Å². The minimum absolute atomic E-state index is 0.0445. The predicted molar refractivity (Wildman–Crippen MR) is 77.8 cm³/mol. The number of thiophene rings is 1. The first kappa shape index (κ1) is 13.3. The number of anilines is 1. The maximum Gasteiger partial charge on any atom is 0.242 e. The Morgan fingerprint density at radius 1 is 1.60 bits per heavy atom. The third-order valence-corrected chi connectivity index (χ3v) is 4.67. The minimum Gasteiger partial charge on any atom is -0.360 e. The molecule has 1 aliphatic heterocycles. The van der Waals surface area contributed by atoms with E-state index in [1.54, 1.807) is 24.3 Å². The van der Waals surface area contributed by atoms with Crippen molar-refractivity contribution in [2.24, 2.45) is 0 Å². The van der Waals surface area contributed by atoms with Crippen molar-refractivity contribution in [1.29, 1.82) is 0 Å². The molecular formula is C14H17N3O2S. The second-order valence-electron chi connectivity index (χ2n) is 5.08. The number of nitrogens with one attached hydrogen (secondary N) is 1. The fourth-order valence-electron chi connectivity index (χ4n) is 2.42. The summed E-state index contributed by atoms with van der Waals surface area (Å²) in [6, 6.07) is 3.69. The van der Waals surface area contributed by atoms with E-state index in [4.69, 9.17) is 4.52 Å². The van der Waals surface area contributed by atoms with E-state index in [1.807, 2.05) is 6.92 Å². The zero-order valence-electron chi connectivity index (χ0n) is 11.5. The molecule has 3 rings (SSSR count). The monoisotopic (exact) mass is 291 g/mol. The Labute approximate surface area is 121 Å². The lowest BCUT2D eigenvalue weighted by atomic mass is 10.1. The Kier molecular flexibility index (Phi) is 3.58. The highest BCUT2D eigenvalue weighted by molar-refractivity contribution is 7.10. The molecule has 5 nitrogen and oxygen atoms in total. The number of hydrogen-bond donors (Lipinski definition) is 1. The van der Waals surface area contributed by atoms with Crippen molar-refractivity contribution in [3.63, 3.8) is 0 Å². The summed E-state index contributed by atoms with van der Waals surface area (Å²) >= 11 is 1.80. The predicted octanol–water partition coefficient (Wildman–Crippen LogP) is 2.43. The van der Waals surface area contributed by atoms with Crippen molar-refractivity contribution in [1.82, 2.24) is 10.1 Å². The van der Waals surface area contributed by atoms with Gasteiger partial charge in [-0.3, -0.25) is 9.69 Å². The standard InChI is InChI=1S/C14H17N3O2S/c1-9-7-13(16-19-9)15-14(18)10(2)17-5-3-12-11(8-17)4-6-20-12/h4,6-7,10H,3,5,8H2,1-2H3,(H,15,16,18). The molecule has 6 heteroatoms. The van der Waals surface area contributed by atoms with Crippen LogP contribution < -0.4 is 5.32 Å². The van der Waals surface area contributed by atoms with E-state index in [0.29, 0.717) is 11.6 Å². The lowest BCUT2D eigenvalue weighted by molar-refractivity contribution is -0.121. The zero-order valence-corrected chi connectivity index (χ0v) is 12.4. The van der Waals surface area contributed by atoms with Gasteiger partial charge in [0, 0.05) is 24.0 Å². The van der Waals surface area contributed by atoms with Crippen LogP contribution in [0, 0.1) is 6.92 Å². The van der Waals surface area contributed by atoms with Crippen molar-refractivity contribution >= 4 is 23.1 Å². The Morgan fingerprint density at radius 2 is 2.45 bits per heavy atom. The van der Waals surface area contributed by atoms with Gasteiger partial charge in [-0.15, -0.1) is 11.3 Å². The second kappa shape index (κ2) is 5.38. The van der Waals surface area contributed by atoms with E-state index in [1.165, 1.54) is 10.4 Å². The summed E-state index contributed by atoms with van der Waals surface area (Å²) in [6.45, 7) is 5.49. The van der Waals surface area contributed by atoms with Crippen molar-refractivity contribution in [3.8, 4) is 0 Å². The average molecular weight is 291 g/mol. The number of carbonyl (C=O) groups is 1. The minimum atomic E-state index is -0.181. The number of aryl methyl sites for hydroxylation is 1. The summed E-state index contributed by atoms with van der Waals surface area (Å²) in [5, 5.41) is 8.70. The number of aromatic nitrogens is 1. The normalized spacial score (nSPS) is 16.7. The Morgan fingerprint density at radius 3 is 3.20 bits per heavy atom. The van der Waals surface area contributed by atoms with Gasteiger partial charge in [0.25, 0.3) is 0 Å². The highest BCUT2D eigenvalue weighted by Crippen LogP contribution is 2.25. The van der Waals surface area contributed by atoms with Crippen LogP contribution in [0.3, 0.4) is 0 Å². The van der Waals surface area contributed by atoms with Crippen LogP contribution in [-0.2, 0) is 17.8 Å². The van der Waals surface area contributed by atoms with E-state index < -0.39 is 0 Å². The van der Waals surface area contributed by atoms with Crippen molar-refractivity contribution in [2.75, 3.05) is 11.9 Å². The maximum atomic E-state index is 12.2. The molecule has 2 aromatic heterocycles. The summed E-state index contributed by atoms with van der Waals surface area (Å²) in [6.07, 6.45) is 1.02. The molecule has 1 unspecified atom stereocenters. The fourth-order valence-corrected chi connectivity index (χ4v) is 3.31. The molecular weight excluding hydrogens is 274 g/mol. The number of rotatable bonds is 3. The number of amides is 1. The second-order valence-corrected chi connectivity index (χ2v) is 6.08. The van der Waals surface area contributed by atoms with Crippen LogP contribution in [0.5, 0.6) is 0 Å². The summed E-state index contributed by atoms with van der Waals surface area (Å²) in [4.78, 5) is 15.9. The van der Waals surface area contributed by atoms with Gasteiger partial charge in [0.15, 0.2) is 5.82 Å². The van der Waals surface area contributed by atoms with Crippen LogP contribution in [0.4, 0.5) is 5.82 Å². The van der Waals surface area contributed by atoms with Crippen LogP contribution in [0.25, 0.3) is 0 Å². The van der Waals surface area contributed by atoms with E-state index in [9.17, 15) is 4.79 Å². The molecule has 20 heavy (non-hydrogen) atoms. The van der Waals surface area contributed by atoms with Gasteiger partial charge in [0.2, 0.25) is 5.91 Å². The molecule has 0 fully saturated rings. The molecule has 0 spiro atoms. The van der Waals surface area contributed by atoms with Crippen LogP contribution in [0.15, 0.2) is 22.0 Å². The first-order valence-electron chi connectivity index (χ1n) is 6.67. The molecule has 2 aromatic rings. The smallest absolute Gasteiger partial charge is 0.242 e. The Bertz CT molecular complexity index is 619. The zero-order chi connectivity index (χ0) is 14.1. The number of carbonyl (C=O) groups excluding carboxylic acids is 1. The first-order valence-corrected chi connectivity index (χ1v) is 7.55. The number of nitrogens with zero attached hydrogens (tertiary/aromatic N) is 2. The highest BCUT2D eigenvalue weighted by atomic mass is 32.1. The third-order valence-electron chi connectivity index (χ3n) is 3.64. The summed E-state index contributed by atoms with van der Waals surface area (Å²) < 4.78 is 4.95. The summed E-state index contributed by atoms with van der Waals surface area (Å²) in [5.74, 6) is 1.12. The van der Waals surface area contributed by atoms with Gasteiger partial charge in [-0.2, -0.15) is 0 Å². The van der Waals surface area contributed by atoms with Crippen LogP contribution >= 0.6 is 11.3 Å².